The molecule has 2 aromatic carbocycles. The van der Waals surface area contributed by atoms with Crippen LogP contribution in [-0.4, -0.2) is 19.7 Å². The number of thioether (sulfide) groups is 1. The molecule has 0 saturated heterocycles. The van der Waals surface area contributed by atoms with E-state index in [0.29, 0.717) is 50.7 Å². The third kappa shape index (κ3) is 3.48. The Morgan fingerprint density at radius 3 is 2.70 bits per heavy atom. The second-order valence-corrected chi connectivity index (χ2v) is 7.09. The van der Waals surface area contributed by atoms with Gasteiger partial charge in [-0.1, -0.05) is 52.8 Å². The van der Waals surface area contributed by atoms with Gasteiger partial charge in [0, 0.05) is 12.1 Å². The van der Waals surface area contributed by atoms with Crippen LogP contribution in [0.25, 0.3) is 22.3 Å². The van der Waals surface area contributed by atoms with Gasteiger partial charge in [0.15, 0.2) is 5.16 Å². The number of halogens is 1. The Morgan fingerprint density at radius 1 is 1.11 bits per heavy atom. The molecule has 2 aromatic heterocycles. The summed E-state index contributed by atoms with van der Waals surface area (Å²) < 4.78 is 6.98. The lowest BCUT2D eigenvalue weighted by molar-refractivity contribution is 0.391. The molecule has 136 valence electrons. The highest BCUT2D eigenvalue weighted by Crippen LogP contribution is 2.27. The lowest BCUT2D eigenvalue weighted by Crippen LogP contribution is -2.22. The van der Waals surface area contributed by atoms with E-state index in [0.717, 1.165) is 0 Å². The molecule has 0 N–H and O–H groups in total. The van der Waals surface area contributed by atoms with Gasteiger partial charge in [-0.05, 0) is 31.2 Å². The van der Waals surface area contributed by atoms with E-state index < -0.39 is 0 Å². The van der Waals surface area contributed by atoms with Crippen LogP contribution in [0.15, 0.2) is 63.0 Å². The van der Waals surface area contributed by atoms with Crippen molar-refractivity contribution >= 4 is 34.3 Å². The molecule has 0 unspecified atom stereocenters. The molecule has 8 heteroatoms. The maximum absolute atomic E-state index is 12.7. The molecule has 0 aliphatic rings. The van der Waals surface area contributed by atoms with Crippen LogP contribution in [0.4, 0.5) is 0 Å². The largest absolute Gasteiger partial charge is 0.338 e. The van der Waals surface area contributed by atoms with Crippen LogP contribution in [0.1, 0.15) is 12.8 Å². The number of hydrogen-bond acceptors (Lipinski definition) is 6. The van der Waals surface area contributed by atoms with Gasteiger partial charge in [0.05, 0.1) is 21.7 Å². The Morgan fingerprint density at radius 2 is 1.89 bits per heavy atom. The lowest BCUT2D eigenvalue weighted by atomic mass is 10.2. The number of nitrogens with zero attached hydrogens (tertiary/aromatic N) is 4. The molecule has 0 amide bonds. The zero-order chi connectivity index (χ0) is 18.8. The Kier molecular flexibility index (Phi) is 4.96. The first-order chi connectivity index (χ1) is 13.2. The summed E-state index contributed by atoms with van der Waals surface area (Å²) in [6, 6.07) is 14.7. The maximum Gasteiger partial charge on any atom is 0.262 e. The molecular weight excluding hydrogens is 384 g/mol. The molecule has 6 nitrogen and oxygen atoms in total. The molecule has 27 heavy (non-hydrogen) atoms. The van der Waals surface area contributed by atoms with E-state index in [9.17, 15) is 4.79 Å². The van der Waals surface area contributed by atoms with Gasteiger partial charge in [-0.2, -0.15) is 4.98 Å². The van der Waals surface area contributed by atoms with Crippen molar-refractivity contribution < 1.29 is 4.52 Å². The number of aromatic nitrogens is 4. The second kappa shape index (κ2) is 7.54. The average Bonchev–Trinajstić information content (AvgIpc) is 3.16. The second-order valence-electron chi connectivity index (χ2n) is 5.74. The molecular formula is C19H15ClN4O2S. The molecule has 4 rings (SSSR count). The van der Waals surface area contributed by atoms with Crippen molar-refractivity contribution in [2.45, 2.75) is 24.4 Å². The van der Waals surface area contributed by atoms with Gasteiger partial charge < -0.3 is 4.52 Å². The van der Waals surface area contributed by atoms with Crippen molar-refractivity contribution in [2.75, 3.05) is 0 Å². The molecule has 0 aliphatic carbocycles. The maximum atomic E-state index is 12.7. The fourth-order valence-corrected chi connectivity index (χ4v) is 3.85. The molecule has 0 atom stereocenters. The normalized spacial score (nSPS) is 11.2. The van der Waals surface area contributed by atoms with Crippen molar-refractivity contribution in [3.05, 3.63) is 69.8 Å². The van der Waals surface area contributed by atoms with Crippen LogP contribution < -0.4 is 5.56 Å². The Balaban J connectivity index is 1.61. The fraction of sp³-hybridized carbons (Fsp3) is 0.158. The van der Waals surface area contributed by atoms with Gasteiger partial charge in [-0.3, -0.25) is 9.36 Å². The summed E-state index contributed by atoms with van der Waals surface area (Å²) in [5, 5.41) is 5.80. The van der Waals surface area contributed by atoms with Gasteiger partial charge in [-0.25, -0.2) is 4.98 Å². The Labute approximate surface area is 164 Å². The van der Waals surface area contributed by atoms with Crippen molar-refractivity contribution in [1.82, 2.24) is 19.7 Å². The molecule has 2 heterocycles. The van der Waals surface area contributed by atoms with E-state index in [1.54, 1.807) is 16.7 Å². The first-order valence-electron chi connectivity index (χ1n) is 8.37. The third-order valence-corrected chi connectivity index (χ3v) is 5.34. The highest BCUT2D eigenvalue weighted by Gasteiger charge is 2.14. The van der Waals surface area contributed by atoms with Gasteiger partial charge in [-0.15, -0.1) is 0 Å². The van der Waals surface area contributed by atoms with E-state index in [2.05, 4.69) is 15.1 Å². The summed E-state index contributed by atoms with van der Waals surface area (Å²) in [6.45, 7) is 2.46. The zero-order valence-corrected chi connectivity index (χ0v) is 16.0. The Hall–Kier alpha value is -2.64. The molecule has 4 aromatic rings. The minimum absolute atomic E-state index is 0.0483. The van der Waals surface area contributed by atoms with Gasteiger partial charge in [0.2, 0.25) is 11.7 Å². The van der Waals surface area contributed by atoms with Crippen LogP contribution >= 0.6 is 23.4 Å². The monoisotopic (exact) mass is 398 g/mol. The van der Waals surface area contributed by atoms with Crippen molar-refractivity contribution in [3.63, 3.8) is 0 Å². The predicted octanol–water partition coefficient (Wildman–Crippen LogP) is 4.41. The highest BCUT2D eigenvalue weighted by molar-refractivity contribution is 7.98. The molecule has 0 saturated carbocycles. The summed E-state index contributed by atoms with van der Waals surface area (Å²) in [5.74, 6) is 1.29. The van der Waals surface area contributed by atoms with E-state index in [1.165, 1.54) is 11.8 Å². The quantitative estimate of drug-likeness (QED) is 0.366. The average molecular weight is 399 g/mol. The first-order valence-corrected chi connectivity index (χ1v) is 9.73. The zero-order valence-electron chi connectivity index (χ0n) is 14.4. The number of fused-ring (bicyclic) bond motifs is 1. The van der Waals surface area contributed by atoms with Crippen LogP contribution in [0.2, 0.25) is 5.02 Å². The van der Waals surface area contributed by atoms with Crippen molar-refractivity contribution in [2.24, 2.45) is 0 Å². The van der Waals surface area contributed by atoms with Crippen molar-refractivity contribution in [3.8, 4) is 11.4 Å². The van der Waals surface area contributed by atoms with Gasteiger partial charge in [0.1, 0.15) is 0 Å². The van der Waals surface area contributed by atoms with Crippen LogP contribution in [0, 0.1) is 0 Å². The van der Waals surface area contributed by atoms with Crippen LogP contribution in [0.5, 0.6) is 0 Å². The van der Waals surface area contributed by atoms with Gasteiger partial charge in [0.25, 0.3) is 5.56 Å². The molecule has 0 radical (unpaired) electrons. The minimum Gasteiger partial charge on any atom is -0.338 e. The molecule has 0 aliphatic heterocycles. The SMILES string of the molecule is CCn1c(SCc2nc(-c3ccccc3Cl)no2)nc2ccccc2c1=O. The Bertz CT molecular complexity index is 1170. The molecule has 0 fully saturated rings. The molecule has 0 spiro atoms. The predicted molar refractivity (Wildman–Crippen MR) is 106 cm³/mol. The standard InChI is InChI=1S/C19H15ClN4O2S/c1-2-24-18(25)13-8-4-6-10-15(13)21-19(24)27-11-16-22-17(23-26-16)12-7-3-5-9-14(12)20/h3-10H,2,11H2,1H3. The minimum atomic E-state index is -0.0483. The summed E-state index contributed by atoms with van der Waals surface area (Å²) in [6.07, 6.45) is 0. The number of hydrogen-bond donors (Lipinski definition) is 0. The van der Waals surface area contributed by atoms with Crippen LogP contribution in [-0.2, 0) is 12.3 Å². The highest BCUT2D eigenvalue weighted by atomic mass is 35.5. The van der Waals surface area contributed by atoms with E-state index in [1.807, 2.05) is 43.3 Å². The smallest absolute Gasteiger partial charge is 0.262 e. The fourth-order valence-electron chi connectivity index (χ4n) is 2.73. The summed E-state index contributed by atoms with van der Waals surface area (Å²) in [7, 11) is 0. The number of para-hydroxylation sites is 1. The molecule has 0 bridgehead atoms. The number of benzene rings is 2. The van der Waals surface area contributed by atoms with E-state index in [4.69, 9.17) is 16.1 Å². The first kappa shape index (κ1) is 17.8. The van der Waals surface area contributed by atoms with Crippen molar-refractivity contribution in [1.29, 1.82) is 0 Å². The number of rotatable bonds is 5. The van der Waals surface area contributed by atoms with E-state index in [-0.39, 0.29) is 5.56 Å². The summed E-state index contributed by atoms with van der Waals surface area (Å²) in [4.78, 5) is 21.7. The lowest BCUT2D eigenvalue weighted by Gasteiger charge is -2.10. The van der Waals surface area contributed by atoms with Gasteiger partial charge >= 0.3 is 0 Å². The van der Waals surface area contributed by atoms with E-state index >= 15 is 0 Å². The summed E-state index contributed by atoms with van der Waals surface area (Å²) in [5.41, 5.74) is 1.35. The summed E-state index contributed by atoms with van der Waals surface area (Å²) >= 11 is 7.57. The van der Waals surface area contributed by atoms with Crippen LogP contribution in [0.3, 0.4) is 0 Å². The topological polar surface area (TPSA) is 73.8 Å². The third-order valence-electron chi connectivity index (χ3n) is 4.05.